The predicted molar refractivity (Wildman–Crippen MR) is 41.8 cm³/mol. The Morgan fingerprint density at radius 3 is 1.83 bits per heavy atom. The number of amides is 2. The Balaban J connectivity index is 4.24. The van der Waals surface area contributed by atoms with E-state index in [-0.39, 0.29) is 18.6 Å². The molecule has 0 radical (unpaired) electrons. The molecule has 0 rings (SSSR count). The number of primary amides is 2. The van der Waals surface area contributed by atoms with Gasteiger partial charge in [-0.1, -0.05) is 6.92 Å². The lowest BCUT2D eigenvalue weighted by Gasteiger charge is -2.06. The molecule has 0 aromatic heterocycles. The standard InChI is InChI=1S/C7H12N2O3/c1-2-4(10)3-5(6(8)11)7(9)12/h5H,2-3H2,1H3,(H2,8,11)(H2,9,12). The number of Topliss-reactive ketones (excluding diaryl/α,β-unsaturated/α-hetero) is 1. The largest absolute Gasteiger partial charge is 0.369 e. The van der Waals surface area contributed by atoms with Gasteiger partial charge in [0.15, 0.2) is 0 Å². The highest BCUT2D eigenvalue weighted by Crippen LogP contribution is 2.03. The fourth-order valence-corrected chi connectivity index (χ4v) is 0.713. The van der Waals surface area contributed by atoms with Crippen LogP contribution in [0.15, 0.2) is 0 Å². The molecule has 4 N–H and O–H groups in total. The molecule has 5 heteroatoms. The first kappa shape index (κ1) is 10.6. The summed E-state index contributed by atoms with van der Waals surface area (Å²) in [6.07, 6.45) is 0.0955. The SMILES string of the molecule is CCC(=O)CC(C(N)=O)C(N)=O. The minimum Gasteiger partial charge on any atom is -0.369 e. The molecule has 12 heavy (non-hydrogen) atoms. The third kappa shape index (κ3) is 3.14. The summed E-state index contributed by atoms with van der Waals surface area (Å²) in [6, 6.07) is 0. The zero-order valence-corrected chi connectivity index (χ0v) is 6.87. The van der Waals surface area contributed by atoms with Crippen LogP contribution in [-0.4, -0.2) is 17.6 Å². The summed E-state index contributed by atoms with van der Waals surface area (Å²) in [4.78, 5) is 31.9. The van der Waals surface area contributed by atoms with Gasteiger partial charge in [-0.05, 0) is 0 Å². The highest BCUT2D eigenvalue weighted by atomic mass is 16.2. The van der Waals surface area contributed by atoms with Gasteiger partial charge in [-0.25, -0.2) is 0 Å². The van der Waals surface area contributed by atoms with Gasteiger partial charge in [0.1, 0.15) is 11.7 Å². The molecule has 0 bridgehead atoms. The molecule has 0 aliphatic rings. The van der Waals surface area contributed by atoms with Crippen molar-refractivity contribution in [2.24, 2.45) is 17.4 Å². The molecule has 0 heterocycles. The van der Waals surface area contributed by atoms with Crippen molar-refractivity contribution in [2.75, 3.05) is 0 Å². The van der Waals surface area contributed by atoms with Gasteiger partial charge in [0.25, 0.3) is 0 Å². The number of nitrogens with two attached hydrogens (primary N) is 2. The average molecular weight is 172 g/mol. The number of hydrogen-bond donors (Lipinski definition) is 2. The van der Waals surface area contributed by atoms with Crippen molar-refractivity contribution < 1.29 is 14.4 Å². The fourth-order valence-electron chi connectivity index (χ4n) is 0.713. The van der Waals surface area contributed by atoms with E-state index in [2.05, 4.69) is 0 Å². The van der Waals surface area contributed by atoms with Gasteiger partial charge in [-0.2, -0.15) is 0 Å². The molecule has 0 saturated carbocycles. The Kier molecular flexibility index (Phi) is 3.96. The van der Waals surface area contributed by atoms with Crippen LogP contribution in [0.5, 0.6) is 0 Å². The van der Waals surface area contributed by atoms with Gasteiger partial charge in [-0.3, -0.25) is 14.4 Å². The molecule has 5 nitrogen and oxygen atoms in total. The van der Waals surface area contributed by atoms with Crippen molar-refractivity contribution >= 4 is 17.6 Å². The smallest absolute Gasteiger partial charge is 0.230 e. The molecule has 0 aliphatic carbocycles. The second-order valence-electron chi connectivity index (χ2n) is 2.45. The van der Waals surface area contributed by atoms with E-state index >= 15 is 0 Å². The van der Waals surface area contributed by atoms with E-state index in [1.807, 2.05) is 0 Å². The summed E-state index contributed by atoms with van der Waals surface area (Å²) in [5.74, 6) is -3.04. The maximum Gasteiger partial charge on any atom is 0.230 e. The number of carbonyl (C=O) groups excluding carboxylic acids is 3. The minimum atomic E-state index is -1.16. The first-order valence-corrected chi connectivity index (χ1v) is 3.59. The van der Waals surface area contributed by atoms with Crippen LogP contribution in [-0.2, 0) is 14.4 Å². The van der Waals surface area contributed by atoms with Crippen LogP contribution in [0.3, 0.4) is 0 Å². The summed E-state index contributed by atoms with van der Waals surface area (Å²) in [7, 11) is 0. The van der Waals surface area contributed by atoms with E-state index < -0.39 is 17.7 Å². The monoisotopic (exact) mass is 172 g/mol. The molecule has 0 spiro atoms. The Labute approximate surface area is 70.1 Å². The van der Waals surface area contributed by atoms with Crippen LogP contribution >= 0.6 is 0 Å². The van der Waals surface area contributed by atoms with Crippen molar-refractivity contribution in [3.8, 4) is 0 Å². The van der Waals surface area contributed by atoms with Crippen molar-refractivity contribution in [1.29, 1.82) is 0 Å². The highest BCUT2D eigenvalue weighted by molar-refractivity contribution is 6.02. The molecular weight excluding hydrogens is 160 g/mol. The van der Waals surface area contributed by atoms with Crippen LogP contribution < -0.4 is 11.5 Å². The van der Waals surface area contributed by atoms with Crippen molar-refractivity contribution in [2.45, 2.75) is 19.8 Å². The Bertz CT molecular complexity index is 199. The zero-order valence-electron chi connectivity index (χ0n) is 6.87. The molecule has 0 aromatic carbocycles. The summed E-state index contributed by atoms with van der Waals surface area (Å²) in [5, 5.41) is 0. The molecular formula is C7H12N2O3. The molecule has 0 aliphatic heterocycles. The topological polar surface area (TPSA) is 103 Å². The summed E-state index contributed by atoms with van der Waals surface area (Å²) >= 11 is 0. The lowest BCUT2D eigenvalue weighted by Crippen LogP contribution is -2.36. The van der Waals surface area contributed by atoms with E-state index in [0.717, 1.165) is 0 Å². The van der Waals surface area contributed by atoms with Gasteiger partial charge in [-0.15, -0.1) is 0 Å². The average Bonchev–Trinajstić information content (AvgIpc) is 1.98. The van der Waals surface area contributed by atoms with Crippen LogP contribution in [0, 0.1) is 5.92 Å². The highest BCUT2D eigenvalue weighted by Gasteiger charge is 2.23. The zero-order chi connectivity index (χ0) is 9.72. The van der Waals surface area contributed by atoms with Crippen LogP contribution in [0.25, 0.3) is 0 Å². The van der Waals surface area contributed by atoms with Gasteiger partial charge < -0.3 is 11.5 Å². The molecule has 2 amide bonds. The quantitative estimate of drug-likeness (QED) is 0.516. The molecule has 0 unspecified atom stereocenters. The molecule has 0 atom stereocenters. The first-order chi connectivity index (χ1) is 5.49. The third-order valence-corrected chi connectivity index (χ3v) is 1.51. The number of hydrogen-bond acceptors (Lipinski definition) is 3. The summed E-state index contributed by atoms with van der Waals surface area (Å²) < 4.78 is 0. The van der Waals surface area contributed by atoms with Crippen molar-refractivity contribution in [3.63, 3.8) is 0 Å². The van der Waals surface area contributed by atoms with Crippen LogP contribution in [0.2, 0.25) is 0 Å². The van der Waals surface area contributed by atoms with Crippen LogP contribution in [0.1, 0.15) is 19.8 Å². The molecule has 0 fully saturated rings. The van der Waals surface area contributed by atoms with Crippen molar-refractivity contribution in [3.05, 3.63) is 0 Å². The number of ketones is 1. The maximum absolute atomic E-state index is 10.8. The number of carbonyl (C=O) groups is 3. The normalized spacial score (nSPS) is 9.83. The fraction of sp³-hybridized carbons (Fsp3) is 0.571. The lowest BCUT2D eigenvalue weighted by molar-refractivity contribution is -0.135. The van der Waals surface area contributed by atoms with Crippen molar-refractivity contribution in [1.82, 2.24) is 0 Å². The second-order valence-corrected chi connectivity index (χ2v) is 2.45. The molecule has 0 aromatic rings. The Morgan fingerprint density at radius 2 is 1.58 bits per heavy atom. The van der Waals surface area contributed by atoms with Gasteiger partial charge in [0.05, 0.1) is 0 Å². The van der Waals surface area contributed by atoms with Gasteiger partial charge in [0, 0.05) is 12.8 Å². The van der Waals surface area contributed by atoms with Gasteiger partial charge in [0.2, 0.25) is 11.8 Å². The number of rotatable bonds is 5. The van der Waals surface area contributed by atoms with E-state index in [0.29, 0.717) is 0 Å². The molecule has 0 saturated heterocycles. The maximum atomic E-state index is 10.8. The first-order valence-electron chi connectivity index (χ1n) is 3.59. The molecule has 68 valence electrons. The Morgan fingerprint density at radius 1 is 1.17 bits per heavy atom. The third-order valence-electron chi connectivity index (χ3n) is 1.51. The summed E-state index contributed by atoms with van der Waals surface area (Å²) in [5.41, 5.74) is 9.70. The van der Waals surface area contributed by atoms with E-state index in [1.54, 1.807) is 6.92 Å². The Hall–Kier alpha value is -1.39. The van der Waals surface area contributed by atoms with Gasteiger partial charge >= 0.3 is 0 Å². The van der Waals surface area contributed by atoms with E-state index in [4.69, 9.17) is 11.5 Å². The van der Waals surface area contributed by atoms with E-state index in [1.165, 1.54) is 0 Å². The predicted octanol–water partition coefficient (Wildman–Crippen LogP) is -1.06. The minimum absolute atomic E-state index is 0.179. The van der Waals surface area contributed by atoms with E-state index in [9.17, 15) is 14.4 Å². The lowest BCUT2D eigenvalue weighted by atomic mass is 10.0. The van der Waals surface area contributed by atoms with Crippen LogP contribution in [0.4, 0.5) is 0 Å². The summed E-state index contributed by atoms with van der Waals surface area (Å²) in [6.45, 7) is 1.64. The second kappa shape index (κ2) is 4.48.